The number of non-ortho nitro benzene ring substituents is 1. The summed E-state index contributed by atoms with van der Waals surface area (Å²) in [5.74, 6) is -0.776. The lowest BCUT2D eigenvalue weighted by Gasteiger charge is -2.39. The smallest absolute Gasteiger partial charge is 0.269 e. The summed E-state index contributed by atoms with van der Waals surface area (Å²) in [5.41, 5.74) is 8.53. The molecule has 2 aromatic carbocycles. The molecular weight excluding hydrogens is 446 g/mol. The normalized spacial score (nSPS) is 18.7. The lowest BCUT2D eigenvalue weighted by molar-refractivity contribution is -0.384. The Morgan fingerprint density at radius 1 is 1.09 bits per heavy atom. The maximum Gasteiger partial charge on any atom is 0.269 e. The third-order valence-corrected chi connectivity index (χ3v) is 6.70. The number of nitro benzene ring substituents is 1. The summed E-state index contributed by atoms with van der Waals surface area (Å²) in [5, 5.41) is 26.2. The van der Waals surface area contributed by atoms with Gasteiger partial charge in [0.2, 0.25) is 10.0 Å². The van der Waals surface area contributed by atoms with Crippen molar-refractivity contribution in [2.75, 3.05) is 4.90 Å². The first-order valence-corrected chi connectivity index (χ1v) is 11.5. The van der Waals surface area contributed by atoms with E-state index in [0.29, 0.717) is 41.8 Å². The zero-order valence-corrected chi connectivity index (χ0v) is 18.1. The molecule has 0 bridgehead atoms. The molecule has 0 fully saturated rings. The fourth-order valence-electron chi connectivity index (χ4n) is 4.29. The molecule has 0 saturated carbocycles. The second-order valence-electron chi connectivity index (χ2n) is 7.70. The summed E-state index contributed by atoms with van der Waals surface area (Å²) in [7, 11) is -3.89. The number of sulfonamides is 1. The van der Waals surface area contributed by atoms with Gasteiger partial charge in [0.15, 0.2) is 5.78 Å². The van der Waals surface area contributed by atoms with E-state index in [4.69, 9.17) is 10.9 Å². The topological polar surface area (TPSA) is 173 Å². The molecule has 2 aliphatic rings. The van der Waals surface area contributed by atoms with Crippen molar-refractivity contribution >= 4 is 27.2 Å². The number of rotatable bonds is 4. The Labute approximate surface area is 189 Å². The molecule has 33 heavy (non-hydrogen) atoms. The Morgan fingerprint density at radius 2 is 1.73 bits per heavy atom. The molecule has 0 aromatic heterocycles. The lowest BCUT2D eigenvalue weighted by atomic mass is 9.75. The van der Waals surface area contributed by atoms with Gasteiger partial charge in [-0.3, -0.25) is 19.8 Å². The Hall–Kier alpha value is -4.01. The van der Waals surface area contributed by atoms with Crippen molar-refractivity contribution in [2.45, 2.75) is 30.1 Å². The van der Waals surface area contributed by atoms with E-state index in [9.17, 15) is 28.6 Å². The Kier molecular flexibility index (Phi) is 5.49. The minimum atomic E-state index is -3.89. The van der Waals surface area contributed by atoms with Crippen LogP contribution in [0.4, 0.5) is 11.4 Å². The fourth-order valence-corrected chi connectivity index (χ4v) is 4.80. The van der Waals surface area contributed by atoms with Crippen LogP contribution >= 0.6 is 0 Å². The van der Waals surface area contributed by atoms with Gasteiger partial charge in [-0.2, -0.15) is 5.26 Å². The van der Waals surface area contributed by atoms with Gasteiger partial charge in [-0.15, -0.1) is 0 Å². The van der Waals surface area contributed by atoms with Gasteiger partial charge in [-0.25, -0.2) is 13.6 Å². The van der Waals surface area contributed by atoms with Gasteiger partial charge in [0, 0.05) is 35.5 Å². The van der Waals surface area contributed by atoms with Gasteiger partial charge < -0.3 is 5.73 Å². The van der Waals surface area contributed by atoms with E-state index in [1.54, 1.807) is 4.90 Å². The van der Waals surface area contributed by atoms with Gasteiger partial charge >= 0.3 is 0 Å². The molecule has 1 aliphatic carbocycles. The van der Waals surface area contributed by atoms with Crippen molar-refractivity contribution in [2.24, 2.45) is 10.9 Å². The molecule has 1 unspecified atom stereocenters. The number of carbonyl (C=O) groups is 1. The number of nitro groups is 1. The molecule has 11 heteroatoms. The number of ketones is 1. The second kappa shape index (κ2) is 8.16. The van der Waals surface area contributed by atoms with E-state index in [1.807, 2.05) is 0 Å². The number of primary sulfonamides is 1. The minimum absolute atomic E-state index is 0.0796. The lowest BCUT2D eigenvalue weighted by Crippen LogP contribution is -2.38. The van der Waals surface area contributed by atoms with Gasteiger partial charge in [0.25, 0.3) is 5.69 Å². The summed E-state index contributed by atoms with van der Waals surface area (Å²) in [4.78, 5) is 25.1. The van der Waals surface area contributed by atoms with Crippen molar-refractivity contribution in [1.29, 1.82) is 5.26 Å². The summed E-state index contributed by atoms with van der Waals surface area (Å²) in [6.07, 6.45) is 1.41. The highest BCUT2D eigenvalue weighted by Gasteiger charge is 2.40. The van der Waals surface area contributed by atoms with Crippen LogP contribution in [0.3, 0.4) is 0 Å². The number of benzene rings is 2. The molecule has 1 aliphatic heterocycles. The molecule has 10 nitrogen and oxygen atoms in total. The van der Waals surface area contributed by atoms with Crippen molar-refractivity contribution in [3.05, 3.63) is 86.9 Å². The van der Waals surface area contributed by atoms with E-state index in [1.165, 1.54) is 48.5 Å². The highest BCUT2D eigenvalue weighted by molar-refractivity contribution is 7.89. The average Bonchev–Trinajstić information content (AvgIpc) is 2.78. The number of nitriles is 1. The van der Waals surface area contributed by atoms with Crippen molar-refractivity contribution in [1.82, 2.24) is 0 Å². The summed E-state index contributed by atoms with van der Waals surface area (Å²) >= 11 is 0. The fraction of sp³-hybridized carbons (Fsp3) is 0.182. The first-order valence-electron chi connectivity index (χ1n) is 9.97. The first-order chi connectivity index (χ1) is 15.6. The molecule has 1 atom stereocenters. The molecule has 0 spiro atoms. The summed E-state index contributed by atoms with van der Waals surface area (Å²) < 4.78 is 23.2. The van der Waals surface area contributed by atoms with Crippen LogP contribution in [0.25, 0.3) is 0 Å². The number of anilines is 1. The van der Waals surface area contributed by atoms with Crippen LogP contribution in [0.1, 0.15) is 30.7 Å². The maximum absolute atomic E-state index is 13.1. The zero-order valence-electron chi connectivity index (χ0n) is 17.3. The number of nitrogens with two attached hydrogens (primary N) is 2. The van der Waals surface area contributed by atoms with E-state index in [2.05, 4.69) is 6.07 Å². The SMILES string of the molecule is N#CC1=C(N)N(c2ccc(S(N)(=O)=O)cc2)C2=C(C(=O)CCC2)C1c1ccc([N+](=O)[O-])cc1. The second-order valence-corrected chi connectivity index (χ2v) is 9.27. The van der Waals surface area contributed by atoms with E-state index in [0.717, 1.165) is 0 Å². The maximum atomic E-state index is 13.1. The molecule has 4 N–H and O–H groups in total. The van der Waals surface area contributed by atoms with Crippen LogP contribution in [0.2, 0.25) is 0 Å². The highest BCUT2D eigenvalue weighted by atomic mass is 32.2. The number of Topliss-reactive ketones (excluding diaryl/α,β-unsaturated/α-hetero) is 1. The Balaban J connectivity index is 1.89. The number of hydrogen-bond donors (Lipinski definition) is 2. The number of carbonyl (C=O) groups excluding carboxylic acids is 1. The molecule has 0 radical (unpaired) electrons. The summed E-state index contributed by atoms with van der Waals surface area (Å²) in [6.45, 7) is 0. The standard InChI is InChI=1S/C22H19N5O5S/c23-12-17-20(13-4-6-15(7-5-13)27(29)30)21-18(2-1-3-19(21)28)26(22(17)24)14-8-10-16(11-9-14)33(25,31)32/h4-11,20H,1-3,24H2,(H2,25,31,32). The third-order valence-electron chi connectivity index (χ3n) is 5.77. The quantitative estimate of drug-likeness (QED) is 0.512. The number of nitrogens with zero attached hydrogens (tertiary/aromatic N) is 3. The molecule has 0 saturated heterocycles. The van der Waals surface area contributed by atoms with Gasteiger partial charge in [0.05, 0.1) is 27.4 Å². The van der Waals surface area contributed by atoms with Crippen LogP contribution in [0.5, 0.6) is 0 Å². The number of allylic oxidation sites excluding steroid dienone is 3. The van der Waals surface area contributed by atoms with Crippen LogP contribution < -0.4 is 15.8 Å². The summed E-state index contributed by atoms with van der Waals surface area (Å²) in [6, 6.07) is 13.5. The monoisotopic (exact) mass is 465 g/mol. The highest BCUT2D eigenvalue weighted by Crippen LogP contribution is 2.46. The molecule has 0 amide bonds. The van der Waals surface area contributed by atoms with Crippen LogP contribution in [0.15, 0.2) is 76.1 Å². The van der Waals surface area contributed by atoms with Crippen LogP contribution in [-0.4, -0.2) is 19.1 Å². The van der Waals surface area contributed by atoms with E-state index in [-0.39, 0.29) is 27.8 Å². The predicted molar refractivity (Wildman–Crippen MR) is 119 cm³/mol. The molecule has 4 rings (SSSR count). The molecular formula is C22H19N5O5S. The van der Waals surface area contributed by atoms with Gasteiger partial charge in [0.1, 0.15) is 5.82 Å². The predicted octanol–water partition coefficient (Wildman–Crippen LogP) is 2.55. The molecule has 1 heterocycles. The van der Waals surface area contributed by atoms with E-state index >= 15 is 0 Å². The first kappa shape index (κ1) is 22.2. The third kappa shape index (κ3) is 3.86. The molecule has 168 valence electrons. The van der Waals surface area contributed by atoms with Gasteiger partial charge in [-0.05, 0) is 42.7 Å². The Morgan fingerprint density at radius 3 is 2.27 bits per heavy atom. The van der Waals surface area contributed by atoms with Crippen LogP contribution in [-0.2, 0) is 14.8 Å². The number of hydrogen-bond acceptors (Lipinski definition) is 8. The average molecular weight is 465 g/mol. The minimum Gasteiger partial charge on any atom is -0.384 e. The van der Waals surface area contributed by atoms with Crippen molar-refractivity contribution in [3.8, 4) is 6.07 Å². The van der Waals surface area contributed by atoms with Crippen LogP contribution in [0, 0.1) is 21.4 Å². The molecule has 2 aromatic rings. The Bertz CT molecular complexity index is 1370. The van der Waals surface area contributed by atoms with Crippen molar-refractivity contribution < 1.29 is 18.1 Å². The largest absolute Gasteiger partial charge is 0.384 e. The van der Waals surface area contributed by atoms with Gasteiger partial charge in [-0.1, -0.05) is 12.1 Å². The zero-order chi connectivity index (χ0) is 23.9. The van der Waals surface area contributed by atoms with Crippen molar-refractivity contribution in [3.63, 3.8) is 0 Å². The van der Waals surface area contributed by atoms with E-state index < -0.39 is 20.9 Å².